The largest absolute Gasteiger partial charge is 0.330 e. The quantitative estimate of drug-likeness (QED) is 0.553. The summed E-state index contributed by atoms with van der Waals surface area (Å²) >= 11 is 0. The molecule has 0 unspecified atom stereocenters. The number of carbonyl (C=O) groups excluding carboxylic acids is 1. The molecule has 1 saturated carbocycles. The highest BCUT2D eigenvalue weighted by Gasteiger charge is 2.29. The summed E-state index contributed by atoms with van der Waals surface area (Å²) in [7, 11) is 0. The van der Waals surface area contributed by atoms with Gasteiger partial charge in [0, 0.05) is 12.6 Å². The fourth-order valence-electron chi connectivity index (χ4n) is 4.07. The van der Waals surface area contributed by atoms with Gasteiger partial charge in [0.15, 0.2) is 5.82 Å². The number of benzene rings is 2. The van der Waals surface area contributed by atoms with E-state index < -0.39 is 0 Å². The Balaban J connectivity index is 1.73. The van der Waals surface area contributed by atoms with E-state index >= 15 is 0 Å². The molecule has 0 radical (unpaired) electrons. The van der Waals surface area contributed by atoms with Gasteiger partial charge >= 0.3 is 0 Å². The number of halogens is 1. The van der Waals surface area contributed by atoms with Crippen LogP contribution in [0.25, 0.3) is 11.8 Å². The molecular weight excluding hydrogens is 393 g/mol. The van der Waals surface area contributed by atoms with Gasteiger partial charge in [-0.3, -0.25) is 4.79 Å². The first-order valence-corrected chi connectivity index (χ1v) is 10.7. The molecule has 0 N–H and O–H groups in total. The van der Waals surface area contributed by atoms with Gasteiger partial charge in [-0.15, -0.1) is 5.10 Å². The third-order valence-corrected chi connectivity index (χ3v) is 5.72. The number of rotatable bonds is 6. The summed E-state index contributed by atoms with van der Waals surface area (Å²) in [4.78, 5) is 15.8. The average Bonchev–Trinajstić information content (AvgIpc) is 3.23. The Hall–Kier alpha value is -3.35. The number of aromatic nitrogens is 4. The predicted octanol–water partition coefficient (Wildman–Crippen LogP) is 4.48. The van der Waals surface area contributed by atoms with E-state index in [0.717, 1.165) is 36.8 Å². The van der Waals surface area contributed by atoms with Gasteiger partial charge < -0.3 is 4.90 Å². The fourth-order valence-corrected chi connectivity index (χ4v) is 4.07. The van der Waals surface area contributed by atoms with Gasteiger partial charge in [-0.2, -0.15) is 4.68 Å². The molecule has 31 heavy (non-hydrogen) atoms. The minimum atomic E-state index is -0.284. The summed E-state index contributed by atoms with van der Waals surface area (Å²) in [5, 5.41) is 11.8. The van der Waals surface area contributed by atoms with Crippen molar-refractivity contribution in [3.63, 3.8) is 0 Å². The van der Waals surface area contributed by atoms with Crippen molar-refractivity contribution in [3.05, 3.63) is 77.4 Å². The van der Waals surface area contributed by atoms with Crippen LogP contribution in [-0.2, 0) is 11.3 Å². The van der Waals surface area contributed by atoms with E-state index in [0.29, 0.717) is 18.1 Å². The maximum Gasteiger partial charge on any atom is 0.273 e. The van der Waals surface area contributed by atoms with E-state index in [-0.39, 0.29) is 17.8 Å². The Bertz CT molecular complexity index is 1040. The van der Waals surface area contributed by atoms with Crippen LogP contribution in [-0.4, -0.2) is 37.1 Å². The summed E-state index contributed by atoms with van der Waals surface area (Å²) in [6.07, 6.45) is 7.12. The van der Waals surface area contributed by atoms with Crippen LogP contribution in [0, 0.1) is 12.7 Å². The second kappa shape index (κ2) is 9.64. The van der Waals surface area contributed by atoms with E-state index in [1.54, 1.807) is 19.1 Å². The van der Waals surface area contributed by atoms with E-state index in [1.165, 1.54) is 23.2 Å². The van der Waals surface area contributed by atoms with Crippen LogP contribution >= 0.6 is 0 Å². The van der Waals surface area contributed by atoms with E-state index in [4.69, 9.17) is 0 Å². The first-order valence-electron chi connectivity index (χ1n) is 10.7. The lowest BCUT2D eigenvalue weighted by Gasteiger charge is -2.35. The normalized spacial score (nSPS) is 15.1. The lowest BCUT2D eigenvalue weighted by atomic mass is 9.93. The van der Waals surface area contributed by atoms with Crippen molar-refractivity contribution in [2.24, 2.45) is 0 Å². The zero-order chi connectivity index (χ0) is 21.6. The van der Waals surface area contributed by atoms with Gasteiger partial charge in [-0.1, -0.05) is 61.7 Å². The second-order valence-corrected chi connectivity index (χ2v) is 7.93. The number of amides is 1. The molecule has 4 rings (SSSR count). The maximum atomic E-state index is 13.9. The Morgan fingerprint density at radius 3 is 2.45 bits per heavy atom. The Morgan fingerprint density at radius 2 is 1.81 bits per heavy atom. The zero-order valence-electron chi connectivity index (χ0n) is 17.6. The number of carbonyl (C=O) groups is 1. The van der Waals surface area contributed by atoms with Crippen LogP contribution in [0.15, 0.2) is 54.6 Å². The van der Waals surface area contributed by atoms with Gasteiger partial charge in [-0.05, 0) is 59.5 Å². The highest BCUT2D eigenvalue weighted by molar-refractivity contribution is 6.18. The standard InChI is InChI=1S/C24H26FN5O/c1-18-26-27-28-30(18)23(16-19-8-4-2-5-9-19)24(31)29(22-10-6-3-7-11-22)17-20-12-14-21(25)15-13-20/h2,4-5,8-9,12-16,22H,3,6-7,10-11,17H2,1H3/b23-16+. The minimum absolute atomic E-state index is 0.127. The number of tetrazole rings is 1. The van der Waals surface area contributed by atoms with Gasteiger partial charge in [0.2, 0.25) is 0 Å². The van der Waals surface area contributed by atoms with Crippen molar-refractivity contribution in [1.82, 2.24) is 25.1 Å². The van der Waals surface area contributed by atoms with E-state index in [1.807, 2.05) is 41.3 Å². The van der Waals surface area contributed by atoms with Crippen LogP contribution in [0.2, 0.25) is 0 Å². The Kier molecular flexibility index (Phi) is 6.50. The lowest BCUT2D eigenvalue weighted by Crippen LogP contribution is -2.42. The third-order valence-electron chi connectivity index (χ3n) is 5.72. The maximum absolute atomic E-state index is 13.9. The Morgan fingerprint density at radius 1 is 1.10 bits per heavy atom. The van der Waals surface area contributed by atoms with Crippen LogP contribution in [0.1, 0.15) is 49.1 Å². The zero-order valence-corrected chi connectivity index (χ0v) is 17.6. The van der Waals surface area contributed by atoms with Crippen LogP contribution in [0.4, 0.5) is 4.39 Å². The molecule has 2 aromatic carbocycles. The molecule has 3 aromatic rings. The highest BCUT2D eigenvalue weighted by Crippen LogP contribution is 2.27. The van der Waals surface area contributed by atoms with Crippen LogP contribution in [0.5, 0.6) is 0 Å². The Labute approximate surface area is 181 Å². The molecule has 0 atom stereocenters. The van der Waals surface area contributed by atoms with Crippen molar-refractivity contribution in [3.8, 4) is 0 Å². The summed E-state index contributed by atoms with van der Waals surface area (Å²) < 4.78 is 14.9. The molecule has 1 aliphatic carbocycles. The molecule has 1 fully saturated rings. The van der Waals surface area contributed by atoms with Crippen LogP contribution in [0.3, 0.4) is 0 Å². The first-order chi connectivity index (χ1) is 15.1. The van der Waals surface area contributed by atoms with Gasteiger partial charge in [0.05, 0.1) is 0 Å². The molecule has 0 saturated heterocycles. The minimum Gasteiger partial charge on any atom is -0.330 e. The van der Waals surface area contributed by atoms with E-state index in [9.17, 15) is 9.18 Å². The SMILES string of the molecule is Cc1nnnn1/C(=C/c1ccccc1)C(=O)N(Cc1ccc(F)cc1)C1CCCCC1. The van der Waals surface area contributed by atoms with Crippen molar-refractivity contribution in [2.45, 2.75) is 51.6 Å². The summed E-state index contributed by atoms with van der Waals surface area (Å²) in [6, 6.07) is 16.1. The second-order valence-electron chi connectivity index (χ2n) is 7.93. The van der Waals surface area contributed by atoms with Gasteiger partial charge in [-0.25, -0.2) is 4.39 Å². The molecule has 1 amide bonds. The topological polar surface area (TPSA) is 63.9 Å². The van der Waals surface area contributed by atoms with Crippen molar-refractivity contribution in [2.75, 3.05) is 0 Å². The molecule has 1 aliphatic rings. The number of hydrogen-bond donors (Lipinski definition) is 0. The molecule has 0 bridgehead atoms. The van der Waals surface area contributed by atoms with Crippen LogP contribution < -0.4 is 0 Å². The average molecular weight is 420 g/mol. The molecule has 0 aliphatic heterocycles. The smallest absolute Gasteiger partial charge is 0.273 e. The predicted molar refractivity (Wildman–Crippen MR) is 117 cm³/mol. The summed E-state index contributed by atoms with van der Waals surface area (Å²) in [5.41, 5.74) is 2.19. The van der Waals surface area contributed by atoms with Crippen molar-refractivity contribution in [1.29, 1.82) is 0 Å². The molecule has 0 spiro atoms. The fraction of sp³-hybridized carbons (Fsp3) is 0.333. The van der Waals surface area contributed by atoms with Crippen molar-refractivity contribution < 1.29 is 9.18 Å². The third kappa shape index (κ3) is 5.05. The molecule has 1 heterocycles. The van der Waals surface area contributed by atoms with Gasteiger partial charge in [0.25, 0.3) is 5.91 Å². The first kappa shape index (κ1) is 20.9. The highest BCUT2D eigenvalue weighted by atomic mass is 19.1. The molecule has 1 aromatic heterocycles. The molecular formula is C24H26FN5O. The summed E-state index contributed by atoms with van der Waals surface area (Å²) in [6.45, 7) is 2.19. The molecule has 7 heteroatoms. The number of aryl methyl sites for hydroxylation is 1. The monoisotopic (exact) mass is 419 g/mol. The number of hydrogen-bond acceptors (Lipinski definition) is 4. The molecule has 6 nitrogen and oxygen atoms in total. The number of nitrogens with zero attached hydrogens (tertiary/aromatic N) is 5. The van der Waals surface area contributed by atoms with Gasteiger partial charge in [0.1, 0.15) is 11.5 Å². The lowest BCUT2D eigenvalue weighted by molar-refractivity contribution is -0.129. The summed E-state index contributed by atoms with van der Waals surface area (Å²) in [5.74, 6) is 0.129. The van der Waals surface area contributed by atoms with E-state index in [2.05, 4.69) is 15.5 Å². The van der Waals surface area contributed by atoms with Crippen molar-refractivity contribution >= 4 is 17.7 Å². The molecule has 160 valence electrons.